The highest BCUT2D eigenvalue weighted by atomic mass is 16.5. The molecule has 1 saturated heterocycles. The fourth-order valence-electron chi connectivity index (χ4n) is 2.77. The largest absolute Gasteiger partial charge is 0.369 e. The minimum absolute atomic E-state index is 0.0114. The average molecular weight is 300 g/mol. The standard InChI is InChI=1S/C16H20N4O2/c1-11-9-17-5-4-12(11)10-20-16(21)13-3-2-8-22-14(13)15-18-6-7-19-15/h4-7,9,13-14H,2-3,8,10H2,1H3,(H,18,19)(H,20,21)/t13-,14-/m1/s1. The highest BCUT2D eigenvalue weighted by molar-refractivity contribution is 5.79. The number of H-pyrrole nitrogens is 1. The molecule has 22 heavy (non-hydrogen) atoms. The van der Waals surface area contributed by atoms with Crippen molar-refractivity contribution in [3.63, 3.8) is 0 Å². The normalized spacial score (nSPS) is 21.5. The van der Waals surface area contributed by atoms with Crippen LogP contribution in [0.25, 0.3) is 0 Å². The number of hydrogen-bond acceptors (Lipinski definition) is 4. The van der Waals surface area contributed by atoms with Gasteiger partial charge in [-0.2, -0.15) is 0 Å². The maximum absolute atomic E-state index is 12.5. The Balaban J connectivity index is 1.66. The van der Waals surface area contributed by atoms with Gasteiger partial charge in [0, 0.05) is 37.9 Å². The van der Waals surface area contributed by atoms with Crippen LogP contribution in [0.3, 0.4) is 0 Å². The van der Waals surface area contributed by atoms with Gasteiger partial charge in [0.2, 0.25) is 5.91 Å². The second-order valence-electron chi connectivity index (χ2n) is 5.53. The van der Waals surface area contributed by atoms with E-state index in [2.05, 4.69) is 20.3 Å². The molecule has 3 heterocycles. The number of carbonyl (C=O) groups is 1. The molecule has 1 aliphatic rings. The van der Waals surface area contributed by atoms with Crippen LogP contribution in [-0.4, -0.2) is 27.5 Å². The van der Waals surface area contributed by atoms with Gasteiger partial charge in [-0.25, -0.2) is 4.98 Å². The number of pyridine rings is 1. The lowest BCUT2D eigenvalue weighted by atomic mass is 9.92. The molecule has 6 nitrogen and oxygen atoms in total. The molecule has 1 amide bonds. The van der Waals surface area contributed by atoms with Gasteiger partial charge in [-0.1, -0.05) is 0 Å². The molecule has 0 aliphatic carbocycles. The summed E-state index contributed by atoms with van der Waals surface area (Å²) in [6, 6.07) is 1.93. The fraction of sp³-hybridized carbons (Fsp3) is 0.438. The molecular formula is C16H20N4O2. The first-order valence-electron chi connectivity index (χ1n) is 7.54. The van der Waals surface area contributed by atoms with Crippen molar-refractivity contribution in [2.75, 3.05) is 6.61 Å². The van der Waals surface area contributed by atoms with E-state index < -0.39 is 0 Å². The monoisotopic (exact) mass is 300 g/mol. The van der Waals surface area contributed by atoms with Gasteiger partial charge in [0.1, 0.15) is 11.9 Å². The Hall–Kier alpha value is -2.21. The van der Waals surface area contributed by atoms with Crippen LogP contribution in [0, 0.1) is 12.8 Å². The number of ether oxygens (including phenoxy) is 1. The van der Waals surface area contributed by atoms with Crippen LogP contribution in [-0.2, 0) is 16.1 Å². The molecule has 0 saturated carbocycles. The van der Waals surface area contributed by atoms with E-state index in [-0.39, 0.29) is 17.9 Å². The maximum atomic E-state index is 12.5. The molecule has 0 spiro atoms. The van der Waals surface area contributed by atoms with E-state index in [1.807, 2.05) is 13.0 Å². The van der Waals surface area contributed by atoms with E-state index in [9.17, 15) is 4.79 Å². The molecule has 6 heteroatoms. The van der Waals surface area contributed by atoms with Gasteiger partial charge >= 0.3 is 0 Å². The summed E-state index contributed by atoms with van der Waals surface area (Å²) in [5.41, 5.74) is 2.15. The number of imidazole rings is 1. The molecular weight excluding hydrogens is 280 g/mol. The van der Waals surface area contributed by atoms with E-state index in [1.165, 1.54) is 0 Å². The van der Waals surface area contributed by atoms with Gasteiger partial charge in [0.15, 0.2) is 0 Å². The van der Waals surface area contributed by atoms with Crippen LogP contribution in [0.4, 0.5) is 0 Å². The molecule has 1 fully saturated rings. The highest BCUT2D eigenvalue weighted by Gasteiger charge is 2.34. The molecule has 2 atom stereocenters. The Kier molecular flexibility index (Phi) is 4.48. The zero-order valence-corrected chi connectivity index (χ0v) is 12.6. The van der Waals surface area contributed by atoms with Gasteiger partial charge in [-0.15, -0.1) is 0 Å². The summed E-state index contributed by atoms with van der Waals surface area (Å²) in [4.78, 5) is 23.9. The number of carbonyl (C=O) groups excluding carboxylic acids is 1. The van der Waals surface area contributed by atoms with Crippen molar-refractivity contribution in [1.29, 1.82) is 0 Å². The Labute approximate surface area is 129 Å². The van der Waals surface area contributed by atoms with Crippen LogP contribution >= 0.6 is 0 Å². The highest BCUT2D eigenvalue weighted by Crippen LogP contribution is 2.31. The van der Waals surface area contributed by atoms with Crippen molar-refractivity contribution in [3.05, 3.63) is 47.8 Å². The third-order valence-electron chi connectivity index (χ3n) is 4.04. The summed E-state index contributed by atoms with van der Waals surface area (Å²) in [6.07, 6.45) is 8.39. The number of aryl methyl sites for hydroxylation is 1. The zero-order valence-electron chi connectivity index (χ0n) is 12.6. The number of nitrogens with zero attached hydrogens (tertiary/aromatic N) is 2. The van der Waals surface area contributed by atoms with Gasteiger partial charge in [0.25, 0.3) is 0 Å². The van der Waals surface area contributed by atoms with Crippen LogP contribution < -0.4 is 5.32 Å². The van der Waals surface area contributed by atoms with Crippen molar-refractivity contribution in [2.24, 2.45) is 5.92 Å². The minimum Gasteiger partial charge on any atom is -0.369 e. The number of rotatable bonds is 4. The predicted octanol–water partition coefficient (Wildman–Crippen LogP) is 1.90. The summed E-state index contributed by atoms with van der Waals surface area (Å²) >= 11 is 0. The van der Waals surface area contributed by atoms with E-state index in [0.717, 1.165) is 29.8 Å². The van der Waals surface area contributed by atoms with Crippen LogP contribution in [0.1, 0.15) is 35.9 Å². The third-order valence-corrected chi connectivity index (χ3v) is 4.04. The van der Waals surface area contributed by atoms with Gasteiger partial charge in [-0.3, -0.25) is 9.78 Å². The quantitative estimate of drug-likeness (QED) is 0.903. The maximum Gasteiger partial charge on any atom is 0.226 e. The Morgan fingerprint density at radius 3 is 3.18 bits per heavy atom. The smallest absolute Gasteiger partial charge is 0.226 e. The summed E-state index contributed by atoms with van der Waals surface area (Å²) in [5, 5.41) is 3.01. The van der Waals surface area contributed by atoms with Crippen LogP contribution in [0.2, 0.25) is 0 Å². The SMILES string of the molecule is Cc1cnccc1CNC(=O)[C@@H]1CCCO[C@H]1c1ncc[nH]1. The topological polar surface area (TPSA) is 79.9 Å². The second kappa shape index (κ2) is 6.70. The molecule has 0 radical (unpaired) electrons. The van der Waals surface area contributed by atoms with E-state index in [0.29, 0.717) is 13.2 Å². The van der Waals surface area contributed by atoms with Crippen molar-refractivity contribution >= 4 is 5.91 Å². The summed E-state index contributed by atoms with van der Waals surface area (Å²) in [5.74, 6) is 0.527. The average Bonchev–Trinajstić information content (AvgIpc) is 3.08. The van der Waals surface area contributed by atoms with E-state index >= 15 is 0 Å². The molecule has 116 valence electrons. The molecule has 2 N–H and O–H groups in total. The molecule has 2 aromatic heterocycles. The number of amides is 1. The van der Waals surface area contributed by atoms with Crippen molar-refractivity contribution in [2.45, 2.75) is 32.4 Å². The van der Waals surface area contributed by atoms with Crippen molar-refractivity contribution in [1.82, 2.24) is 20.3 Å². The first-order valence-corrected chi connectivity index (χ1v) is 7.54. The summed E-state index contributed by atoms with van der Waals surface area (Å²) in [6.45, 7) is 3.16. The lowest BCUT2D eigenvalue weighted by Gasteiger charge is -2.29. The van der Waals surface area contributed by atoms with Gasteiger partial charge in [-0.05, 0) is 37.0 Å². The lowest BCUT2D eigenvalue weighted by Crippen LogP contribution is -2.37. The van der Waals surface area contributed by atoms with Crippen molar-refractivity contribution < 1.29 is 9.53 Å². The number of aromatic nitrogens is 3. The number of nitrogens with one attached hydrogen (secondary N) is 2. The Morgan fingerprint density at radius 2 is 2.41 bits per heavy atom. The molecule has 0 unspecified atom stereocenters. The number of hydrogen-bond donors (Lipinski definition) is 2. The molecule has 1 aliphatic heterocycles. The van der Waals surface area contributed by atoms with Crippen LogP contribution in [0.5, 0.6) is 0 Å². The first kappa shape index (κ1) is 14.7. The van der Waals surface area contributed by atoms with Crippen molar-refractivity contribution in [3.8, 4) is 0 Å². The molecule has 2 aromatic rings. The minimum atomic E-state index is -0.290. The summed E-state index contributed by atoms with van der Waals surface area (Å²) < 4.78 is 5.77. The Morgan fingerprint density at radius 1 is 1.50 bits per heavy atom. The van der Waals surface area contributed by atoms with E-state index in [1.54, 1.807) is 24.8 Å². The fourth-order valence-corrected chi connectivity index (χ4v) is 2.77. The third kappa shape index (κ3) is 3.17. The second-order valence-corrected chi connectivity index (χ2v) is 5.53. The number of aromatic amines is 1. The van der Waals surface area contributed by atoms with Crippen LogP contribution in [0.15, 0.2) is 30.9 Å². The van der Waals surface area contributed by atoms with Gasteiger partial charge in [0.05, 0.1) is 5.92 Å². The predicted molar refractivity (Wildman–Crippen MR) is 80.8 cm³/mol. The summed E-state index contributed by atoms with van der Waals surface area (Å²) in [7, 11) is 0. The lowest BCUT2D eigenvalue weighted by molar-refractivity contribution is -0.135. The first-order chi connectivity index (χ1) is 10.8. The molecule has 0 aromatic carbocycles. The zero-order chi connectivity index (χ0) is 15.4. The Bertz CT molecular complexity index is 627. The molecule has 3 rings (SSSR count). The van der Waals surface area contributed by atoms with Gasteiger partial charge < -0.3 is 15.0 Å². The molecule has 0 bridgehead atoms. The van der Waals surface area contributed by atoms with E-state index in [4.69, 9.17) is 4.74 Å².